The third kappa shape index (κ3) is 13.1. The van der Waals surface area contributed by atoms with Crippen molar-refractivity contribution in [1.82, 2.24) is 39.4 Å². The summed E-state index contributed by atoms with van der Waals surface area (Å²) in [4.78, 5) is 54.7. The molecule has 2 fully saturated rings. The molecule has 2 unspecified atom stereocenters. The van der Waals surface area contributed by atoms with Crippen LogP contribution in [0.1, 0.15) is 98.1 Å². The van der Waals surface area contributed by atoms with Crippen LogP contribution in [0.5, 0.6) is 11.5 Å². The number of piperazine rings is 2. The fourth-order valence-electron chi connectivity index (χ4n) is 12.3. The maximum absolute atomic E-state index is 16.2. The molecule has 21 nitrogen and oxygen atoms in total. The number of nitrogens with zero attached hydrogens (tertiary/aromatic N) is 6. The predicted octanol–water partition coefficient (Wildman–Crippen LogP) is 6.57. The Balaban J connectivity index is 1.12. The number of ketones is 1. The van der Waals surface area contributed by atoms with E-state index < -0.39 is 61.5 Å². The molecule has 6 heterocycles. The molecular weight excluding hydrogens is 1120 g/mol. The van der Waals surface area contributed by atoms with E-state index in [9.17, 15) is 36.6 Å². The van der Waals surface area contributed by atoms with Gasteiger partial charge >= 0.3 is 32.4 Å². The summed E-state index contributed by atoms with van der Waals surface area (Å²) in [7, 11) is -8.25. The molecule has 10 rings (SSSR count). The first-order valence-corrected chi connectivity index (χ1v) is 32.2. The molecule has 2 aromatic heterocycles. The van der Waals surface area contributed by atoms with Crippen LogP contribution in [0.15, 0.2) is 60.7 Å². The van der Waals surface area contributed by atoms with E-state index in [2.05, 4.69) is 30.2 Å². The lowest BCUT2D eigenvalue weighted by molar-refractivity contribution is -0.123. The molecule has 4 aromatic carbocycles. The second-order valence-electron chi connectivity index (χ2n) is 24.7. The number of ether oxygens (including phenoxy) is 2. The number of carbonyl (C=O) groups excluding carboxylic acids is 3. The summed E-state index contributed by atoms with van der Waals surface area (Å²) in [5.74, 6) is -0.378. The normalized spacial score (nSPS) is 18.6. The van der Waals surface area contributed by atoms with Crippen LogP contribution >= 0.6 is 0 Å². The van der Waals surface area contributed by atoms with Crippen LogP contribution in [0.4, 0.5) is 9.59 Å². The van der Waals surface area contributed by atoms with Gasteiger partial charge in [-0.2, -0.15) is 16.8 Å². The minimum atomic E-state index is -4.12. The van der Waals surface area contributed by atoms with Gasteiger partial charge in [0.25, 0.3) is 0 Å². The van der Waals surface area contributed by atoms with Crippen molar-refractivity contribution in [3.05, 3.63) is 105 Å². The number of aryl methyl sites for hydroxylation is 2. The number of benzene rings is 4. The molecule has 0 saturated carbocycles. The van der Waals surface area contributed by atoms with Gasteiger partial charge < -0.3 is 28.1 Å². The van der Waals surface area contributed by atoms with Crippen LogP contribution in [0.25, 0.3) is 44.3 Å². The standard InChI is InChI=1S/C61H78N8O13S2/c1-37-27-43(49-31-41-29-39(35-66-19-15-64(16-20-66)23-25-70)11-13-47(41)68(49)58(73)79-60(3,4)5)51-45(56(37)81-83(9,75)76)33-62-53(51)55(72)54-52-44(28-38(2)57(46(52)34-63-54)82-84(10,77)78)50-32-42-30-40(36-67-21-17-65(18-22-67)24-26-71)12-14-48(42)69(50)59(74)80-61(6,7)8/h11-14,27-32,53-54,62-63,70-71H,15-26,33-36H2,1-10H3. The second kappa shape index (κ2) is 23.5. The molecule has 0 spiro atoms. The first-order chi connectivity index (χ1) is 39.6. The van der Waals surface area contributed by atoms with Gasteiger partial charge in [0.15, 0.2) is 5.78 Å². The van der Waals surface area contributed by atoms with Gasteiger partial charge in [-0.15, -0.1) is 0 Å². The van der Waals surface area contributed by atoms with Gasteiger partial charge in [-0.05, 0) is 137 Å². The first-order valence-electron chi connectivity index (χ1n) is 28.6. The Hall–Kier alpha value is -6.25. The Morgan fingerprint density at radius 3 is 1.24 bits per heavy atom. The second-order valence-corrected chi connectivity index (χ2v) is 27.8. The van der Waals surface area contributed by atoms with E-state index in [4.69, 9.17) is 17.8 Å². The molecule has 23 heteroatoms. The van der Waals surface area contributed by atoms with E-state index in [1.165, 1.54) is 9.13 Å². The number of hydrogen-bond acceptors (Lipinski definition) is 19. The molecule has 84 heavy (non-hydrogen) atoms. The zero-order chi connectivity index (χ0) is 60.4. The Morgan fingerprint density at radius 2 is 0.905 bits per heavy atom. The van der Waals surface area contributed by atoms with Gasteiger partial charge in [0.1, 0.15) is 22.7 Å². The van der Waals surface area contributed by atoms with Gasteiger partial charge in [-0.1, -0.05) is 12.1 Å². The van der Waals surface area contributed by atoms with Gasteiger partial charge in [0.2, 0.25) is 0 Å². The molecule has 0 bridgehead atoms. The van der Waals surface area contributed by atoms with Crippen LogP contribution in [-0.2, 0) is 60.7 Å². The molecule has 4 aliphatic heterocycles. The van der Waals surface area contributed by atoms with Crippen molar-refractivity contribution >= 4 is 60.0 Å². The molecule has 0 aliphatic carbocycles. The van der Waals surface area contributed by atoms with Crippen LogP contribution in [0, 0.1) is 13.8 Å². The topological polar surface area (TPSA) is 244 Å². The largest absolute Gasteiger partial charge is 0.443 e. The highest BCUT2D eigenvalue weighted by atomic mass is 32.2. The average Bonchev–Trinajstić information content (AvgIpc) is 1.68. The molecule has 2 saturated heterocycles. The first kappa shape index (κ1) is 60.9. The molecule has 6 aromatic rings. The number of aromatic nitrogens is 2. The summed E-state index contributed by atoms with van der Waals surface area (Å²) in [5.41, 5.74) is 5.24. The summed E-state index contributed by atoms with van der Waals surface area (Å²) in [6, 6.07) is 16.6. The van der Waals surface area contributed by atoms with E-state index in [-0.39, 0.29) is 37.8 Å². The Bertz CT molecular complexity index is 3550. The summed E-state index contributed by atoms with van der Waals surface area (Å²) in [5, 5.41) is 27.3. The monoisotopic (exact) mass is 1190 g/mol. The van der Waals surface area contributed by atoms with Crippen molar-refractivity contribution in [1.29, 1.82) is 0 Å². The summed E-state index contributed by atoms with van der Waals surface area (Å²) >= 11 is 0. The Labute approximate surface area is 491 Å². The molecule has 4 aliphatic rings. The van der Waals surface area contributed by atoms with Gasteiger partial charge in [0.05, 0.1) is 60.2 Å². The molecule has 2 atom stereocenters. The van der Waals surface area contributed by atoms with Gasteiger partial charge in [-0.3, -0.25) is 35.0 Å². The van der Waals surface area contributed by atoms with Crippen molar-refractivity contribution < 1.29 is 59.3 Å². The van der Waals surface area contributed by atoms with Crippen molar-refractivity contribution in [3.63, 3.8) is 0 Å². The number of aliphatic hydroxyl groups is 2. The molecule has 0 amide bonds. The third-order valence-corrected chi connectivity index (χ3v) is 16.7. The highest BCUT2D eigenvalue weighted by molar-refractivity contribution is 7.86. The van der Waals surface area contributed by atoms with Crippen molar-refractivity contribution in [2.24, 2.45) is 0 Å². The number of aliphatic hydroxyl groups excluding tert-OH is 2. The fourth-order valence-corrected chi connectivity index (χ4v) is 13.3. The molecule has 0 radical (unpaired) electrons. The molecule has 452 valence electrons. The van der Waals surface area contributed by atoms with Crippen LogP contribution in [0.3, 0.4) is 0 Å². The summed E-state index contributed by atoms with van der Waals surface area (Å²) in [6.07, 6.45) is 0.547. The lowest BCUT2D eigenvalue weighted by atomic mass is 9.86. The van der Waals surface area contributed by atoms with Crippen molar-refractivity contribution in [2.45, 2.75) is 105 Å². The van der Waals surface area contributed by atoms with Crippen LogP contribution < -0.4 is 19.0 Å². The zero-order valence-electron chi connectivity index (χ0n) is 49.6. The van der Waals surface area contributed by atoms with Gasteiger partial charge in [-0.25, -0.2) is 18.7 Å². The Morgan fingerprint density at radius 1 is 0.548 bits per heavy atom. The van der Waals surface area contributed by atoms with E-state index in [1.54, 1.807) is 67.5 Å². The number of fused-ring (bicyclic) bond motifs is 4. The predicted molar refractivity (Wildman–Crippen MR) is 320 cm³/mol. The average molecular weight is 1200 g/mol. The van der Waals surface area contributed by atoms with Crippen molar-refractivity contribution in [3.8, 4) is 34.0 Å². The number of carbonyl (C=O) groups is 3. The van der Waals surface area contributed by atoms with E-state index in [0.717, 1.165) is 86.8 Å². The van der Waals surface area contributed by atoms with Crippen LogP contribution in [-0.4, -0.2) is 176 Å². The highest BCUT2D eigenvalue weighted by Gasteiger charge is 2.44. The smallest absolute Gasteiger partial charge is 0.419 e. The summed E-state index contributed by atoms with van der Waals surface area (Å²) < 4.78 is 79.0. The quantitative estimate of drug-likeness (QED) is 0.0749. The van der Waals surface area contributed by atoms with Crippen molar-refractivity contribution in [2.75, 3.05) is 91.2 Å². The molecule has 4 N–H and O–H groups in total. The van der Waals surface area contributed by atoms with E-state index >= 15 is 4.79 Å². The third-order valence-electron chi connectivity index (χ3n) is 15.8. The molecular formula is C61H78N8O13S2. The number of nitrogens with one attached hydrogen (secondary N) is 2. The van der Waals surface area contributed by atoms with E-state index in [1.807, 2.05) is 48.5 Å². The number of hydrogen-bond donors (Lipinski definition) is 4. The zero-order valence-corrected chi connectivity index (χ0v) is 51.3. The van der Waals surface area contributed by atoms with Gasteiger partial charge in [0, 0.05) is 125 Å². The van der Waals surface area contributed by atoms with E-state index in [0.29, 0.717) is 93.1 Å². The number of rotatable bonds is 16. The minimum Gasteiger partial charge on any atom is -0.443 e. The Kier molecular flexibility index (Phi) is 17.1. The van der Waals surface area contributed by atoms with Crippen LogP contribution in [0.2, 0.25) is 0 Å². The maximum atomic E-state index is 16.2. The lowest BCUT2D eigenvalue weighted by Crippen LogP contribution is -2.46. The maximum Gasteiger partial charge on any atom is 0.419 e. The fraction of sp³-hybridized carbons (Fsp3) is 0.492. The highest BCUT2D eigenvalue weighted by Crippen LogP contribution is 2.49. The minimum absolute atomic E-state index is 0.0238. The lowest BCUT2D eigenvalue weighted by Gasteiger charge is -2.34. The number of β-amino-alcohol motifs (C(OH)–C–C–N with tert-alkyl or cyclic N) is 2. The number of Topliss-reactive ketones (excluding diaryl/α,β-unsaturated/α-hetero) is 1. The summed E-state index contributed by atoms with van der Waals surface area (Å²) in [6.45, 7) is 23.3. The SMILES string of the molecule is Cc1cc(-c2cc3cc(CN4CCN(CCO)CC4)ccc3n2C(=O)OC(C)(C)C)c2c(c1OS(C)(=O)=O)CNC2C(=O)C1NCc2c(OS(C)(=O)=O)c(C)cc(-c3cc4cc(CN5CCN(CCO)CC5)ccc4n3C(=O)OC(C)(C)C)c21.